The van der Waals surface area contributed by atoms with Gasteiger partial charge in [-0.2, -0.15) is 0 Å². The number of nitrogens with zero attached hydrogens (tertiary/aromatic N) is 1. The molecule has 0 aromatic heterocycles. The maximum Gasteiger partial charge on any atom is 0.410 e. The lowest BCUT2D eigenvalue weighted by molar-refractivity contribution is -0.0536. The van der Waals surface area contributed by atoms with Gasteiger partial charge in [0.25, 0.3) is 0 Å². The Bertz CT molecular complexity index is 881. The van der Waals surface area contributed by atoms with Crippen LogP contribution in [0.5, 0.6) is 11.5 Å². The Morgan fingerprint density at radius 1 is 1.17 bits per heavy atom. The van der Waals surface area contributed by atoms with E-state index in [-0.39, 0.29) is 18.2 Å². The first kappa shape index (κ1) is 21.6. The monoisotopic (exact) mass is 437 g/mol. The van der Waals surface area contributed by atoms with Gasteiger partial charge in [0.2, 0.25) is 0 Å². The number of carbonyl (C=O) groups is 1. The number of hydrogen-bond acceptors (Lipinski definition) is 4. The molecule has 1 amide bonds. The van der Waals surface area contributed by atoms with E-state index in [1.807, 2.05) is 52.0 Å². The van der Waals surface area contributed by atoms with Crippen LogP contribution in [0.4, 0.5) is 4.79 Å². The highest BCUT2D eigenvalue weighted by Gasteiger charge is 2.42. The van der Waals surface area contributed by atoms with Gasteiger partial charge in [0.05, 0.1) is 17.6 Å². The van der Waals surface area contributed by atoms with Gasteiger partial charge in [0, 0.05) is 5.02 Å². The predicted octanol–water partition coefficient (Wildman–Crippen LogP) is 5.96. The van der Waals surface area contributed by atoms with Gasteiger partial charge in [0.1, 0.15) is 29.8 Å². The van der Waals surface area contributed by atoms with Crippen molar-refractivity contribution >= 4 is 29.3 Å². The first-order chi connectivity index (χ1) is 13.6. The summed E-state index contributed by atoms with van der Waals surface area (Å²) < 4.78 is 17.3. The molecule has 7 heteroatoms. The summed E-state index contributed by atoms with van der Waals surface area (Å²) in [4.78, 5) is 13.9. The zero-order valence-corrected chi connectivity index (χ0v) is 18.5. The molecule has 0 aliphatic carbocycles. The van der Waals surface area contributed by atoms with Crippen LogP contribution in [-0.4, -0.2) is 35.3 Å². The van der Waals surface area contributed by atoms with Crippen molar-refractivity contribution in [2.45, 2.75) is 52.0 Å². The third kappa shape index (κ3) is 5.71. The lowest BCUT2D eigenvalue weighted by Crippen LogP contribution is -2.63. The number of benzene rings is 2. The molecule has 0 bridgehead atoms. The molecular formula is C22H25Cl2NO4. The van der Waals surface area contributed by atoms with Crippen LogP contribution in [0.1, 0.15) is 33.3 Å². The Balaban J connectivity index is 1.55. The van der Waals surface area contributed by atoms with E-state index in [0.29, 0.717) is 28.9 Å². The van der Waals surface area contributed by atoms with Crippen LogP contribution in [0.2, 0.25) is 10.0 Å². The fraction of sp³-hybridized carbons (Fsp3) is 0.409. The van der Waals surface area contributed by atoms with Crippen LogP contribution in [-0.2, 0) is 11.3 Å². The molecule has 29 heavy (non-hydrogen) atoms. The summed E-state index contributed by atoms with van der Waals surface area (Å²) in [5.74, 6) is 1.30. The zero-order chi connectivity index (χ0) is 21.2. The molecule has 0 N–H and O–H groups in total. The molecule has 1 aliphatic heterocycles. The Labute approximate surface area is 181 Å². The van der Waals surface area contributed by atoms with Crippen molar-refractivity contribution in [3.63, 3.8) is 0 Å². The average molecular weight is 438 g/mol. The van der Waals surface area contributed by atoms with E-state index in [2.05, 4.69) is 0 Å². The second kappa shape index (κ2) is 8.72. The van der Waals surface area contributed by atoms with E-state index < -0.39 is 5.60 Å². The van der Waals surface area contributed by atoms with Gasteiger partial charge in [-0.3, -0.25) is 4.90 Å². The average Bonchev–Trinajstić information content (AvgIpc) is 2.62. The number of carbonyl (C=O) groups excluding carboxylic acids is 1. The number of rotatable bonds is 5. The number of likely N-dealkylation sites (tertiary alicyclic amines) is 1. The van der Waals surface area contributed by atoms with Gasteiger partial charge in [-0.25, -0.2) is 4.79 Å². The van der Waals surface area contributed by atoms with Crippen LogP contribution in [0, 0.1) is 0 Å². The molecular weight excluding hydrogens is 413 g/mol. The number of amides is 1. The number of halogens is 2. The fourth-order valence-corrected chi connectivity index (χ4v) is 3.37. The molecule has 0 unspecified atom stereocenters. The van der Waals surface area contributed by atoms with Crippen LogP contribution < -0.4 is 9.47 Å². The van der Waals surface area contributed by atoms with Crippen molar-refractivity contribution in [3.8, 4) is 11.5 Å². The topological polar surface area (TPSA) is 48.0 Å². The van der Waals surface area contributed by atoms with Crippen LogP contribution in [0.3, 0.4) is 0 Å². The summed E-state index contributed by atoms with van der Waals surface area (Å²) in [6.07, 6.45) is -0.392. The summed E-state index contributed by atoms with van der Waals surface area (Å²) in [5.41, 5.74) is 0.439. The van der Waals surface area contributed by atoms with Crippen LogP contribution in [0.25, 0.3) is 0 Å². The van der Waals surface area contributed by atoms with Gasteiger partial charge in [-0.1, -0.05) is 35.3 Å². The molecule has 1 fully saturated rings. The second-order valence-electron chi connectivity index (χ2n) is 8.04. The van der Waals surface area contributed by atoms with Gasteiger partial charge in [-0.05, 0) is 63.6 Å². The molecule has 0 saturated carbocycles. The van der Waals surface area contributed by atoms with E-state index in [1.54, 1.807) is 23.1 Å². The lowest BCUT2D eigenvalue weighted by atomic mass is 10.0. The van der Waals surface area contributed by atoms with Crippen molar-refractivity contribution in [2.24, 2.45) is 0 Å². The molecule has 3 rings (SSSR count). The highest BCUT2D eigenvalue weighted by molar-refractivity contribution is 6.35. The van der Waals surface area contributed by atoms with E-state index in [0.717, 1.165) is 11.3 Å². The zero-order valence-electron chi connectivity index (χ0n) is 16.9. The largest absolute Gasteiger partial charge is 0.487 e. The first-order valence-corrected chi connectivity index (χ1v) is 10.2. The van der Waals surface area contributed by atoms with Crippen molar-refractivity contribution in [2.75, 3.05) is 6.54 Å². The van der Waals surface area contributed by atoms with Gasteiger partial charge in [0.15, 0.2) is 0 Å². The van der Waals surface area contributed by atoms with Crippen LogP contribution >= 0.6 is 23.2 Å². The molecule has 1 aliphatic rings. The maximum absolute atomic E-state index is 12.2. The minimum absolute atomic E-state index is 0.0577. The van der Waals surface area contributed by atoms with Crippen molar-refractivity contribution in [3.05, 3.63) is 58.1 Å². The van der Waals surface area contributed by atoms with Crippen LogP contribution in [0.15, 0.2) is 42.5 Å². The summed E-state index contributed by atoms with van der Waals surface area (Å²) in [5, 5.41) is 1.03. The normalized spacial score (nSPS) is 18.8. The van der Waals surface area contributed by atoms with E-state index >= 15 is 0 Å². The highest BCUT2D eigenvalue weighted by Crippen LogP contribution is 2.29. The summed E-state index contributed by atoms with van der Waals surface area (Å²) in [7, 11) is 0. The van der Waals surface area contributed by atoms with E-state index in [4.69, 9.17) is 37.4 Å². The lowest BCUT2D eigenvalue weighted by Gasteiger charge is -2.45. The fourth-order valence-electron chi connectivity index (χ4n) is 2.91. The third-order valence-electron chi connectivity index (χ3n) is 4.51. The molecule has 5 nitrogen and oxygen atoms in total. The minimum atomic E-state index is -0.510. The third-order valence-corrected chi connectivity index (χ3v) is 5.04. The highest BCUT2D eigenvalue weighted by atomic mass is 35.5. The van der Waals surface area contributed by atoms with E-state index in [1.165, 1.54) is 0 Å². The minimum Gasteiger partial charge on any atom is -0.487 e. The van der Waals surface area contributed by atoms with Gasteiger partial charge < -0.3 is 14.2 Å². The quantitative estimate of drug-likeness (QED) is 0.578. The van der Waals surface area contributed by atoms with Gasteiger partial charge in [-0.15, -0.1) is 0 Å². The predicted molar refractivity (Wildman–Crippen MR) is 114 cm³/mol. The summed E-state index contributed by atoms with van der Waals surface area (Å²) >= 11 is 12.0. The van der Waals surface area contributed by atoms with Gasteiger partial charge >= 0.3 is 6.09 Å². The van der Waals surface area contributed by atoms with Crippen molar-refractivity contribution in [1.82, 2.24) is 4.90 Å². The molecule has 2 aromatic rings. The molecule has 1 saturated heterocycles. The smallest absolute Gasteiger partial charge is 0.410 e. The molecule has 0 spiro atoms. The number of ether oxygens (including phenoxy) is 3. The van der Waals surface area contributed by atoms with Crippen molar-refractivity contribution in [1.29, 1.82) is 0 Å². The Morgan fingerprint density at radius 2 is 1.93 bits per heavy atom. The standard InChI is InChI=1S/C22H25Cl2NO4/c1-14-20(12-25(14)21(26)29-22(2,3)4)28-17-7-5-6-15(10-17)13-27-19-9-8-16(23)11-18(19)24/h5-11,14,20H,12-13H2,1-4H3/t14-,20-/m0/s1. The maximum atomic E-state index is 12.2. The SMILES string of the molecule is C[C@H]1[C@@H](Oc2cccc(COc3ccc(Cl)cc3Cl)c2)CN1C(=O)OC(C)(C)C. The van der Waals surface area contributed by atoms with Crippen molar-refractivity contribution < 1.29 is 19.0 Å². The summed E-state index contributed by atoms with van der Waals surface area (Å²) in [6.45, 7) is 8.37. The second-order valence-corrected chi connectivity index (χ2v) is 8.88. The number of hydrogen-bond donors (Lipinski definition) is 0. The Morgan fingerprint density at radius 3 is 2.59 bits per heavy atom. The Hall–Kier alpha value is -2.11. The summed E-state index contributed by atoms with van der Waals surface area (Å²) in [6, 6.07) is 12.7. The van der Waals surface area contributed by atoms with E-state index in [9.17, 15) is 4.79 Å². The molecule has 2 aromatic carbocycles. The molecule has 2 atom stereocenters. The first-order valence-electron chi connectivity index (χ1n) is 9.45. The molecule has 0 radical (unpaired) electrons. The molecule has 156 valence electrons. The Kier molecular flexibility index (Phi) is 6.49. The molecule has 1 heterocycles.